The van der Waals surface area contributed by atoms with Crippen LogP contribution in [0.5, 0.6) is 0 Å². The van der Waals surface area contributed by atoms with Crippen molar-refractivity contribution < 1.29 is 9.59 Å². The molecule has 0 aliphatic carbocycles. The van der Waals surface area contributed by atoms with Crippen molar-refractivity contribution >= 4 is 22.8 Å². The Balaban J connectivity index is 1.73. The molecule has 1 aromatic carbocycles. The molecule has 6 heteroatoms. The van der Waals surface area contributed by atoms with Gasteiger partial charge in [0.25, 0.3) is 5.91 Å². The fraction of sp³-hybridized carbons (Fsp3) is 0.474. The Morgan fingerprint density at radius 2 is 1.84 bits per heavy atom. The molecule has 1 aromatic heterocycles. The van der Waals surface area contributed by atoms with Crippen LogP contribution in [0.1, 0.15) is 35.8 Å². The van der Waals surface area contributed by atoms with E-state index in [1.807, 2.05) is 47.9 Å². The van der Waals surface area contributed by atoms with Gasteiger partial charge >= 0.3 is 6.03 Å². The monoisotopic (exact) mass is 342 g/mol. The third-order valence-corrected chi connectivity index (χ3v) is 4.70. The fourth-order valence-corrected chi connectivity index (χ4v) is 3.38. The van der Waals surface area contributed by atoms with Crippen LogP contribution >= 0.6 is 0 Å². The summed E-state index contributed by atoms with van der Waals surface area (Å²) in [4.78, 5) is 32.2. The Kier molecular flexibility index (Phi) is 5.26. The summed E-state index contributed by atoms with van der Waals surface area (Å²) in [5, 5.41) is 3.88. The summed E-state index contributed by atoms with van der Waals surface area (Å²) >= 11 is 0. The van der Waals surface area contributed by atoms with Gasteiger partial charge in [-0.15, -0.1) is 0 Å². The van der Waals surface area contributed by atoms with Crippen LogP contribution in [0, 0.1) is 6.92 Å². The number of nitrogens with one attached hydrogen (secondary N) is 2. The second-order valence-corrected chi connectivity index (χ2v) is 6.54. The molecule has 0 saturated carbocycles. The van der Waals surface area contributed by atoms with E-state index in [0.717, 1.165) is 35.0 Å². The molecule has 134 valence electrons. The van der Waals surface area contributed by atoms with Gasteiger partial charge in [0.2, 0.25) is 0 Å². The van der Waals surface area contributed by atoms with Crippen molar-refractivity contribution in [3.8, 4) is 0 Å². The lowest BCUT2D eigenvalue weighted by Crippen LogP contribution is -2.42. The summed E-state index contributed by atoms with van der Waals surface area (Å²) < 4.78 is 0. The van der Waals surface area contributed by atoms with Crippen LogP contribution < -0.4 is 5.32 Å². The van der Waals surface area contributed by atoms with E-state index in [0.29, 0.717) is 32.7 Å². The summed E-state index contributed by atoms with van der Waals surface area (Å²) in [7, 11) is 0. The van der Waals surface area contributed by atoms with E-state index in [1.54, 1.807) is 0 Å². The Morgan fingerprint density at radius 1 is 1.12 bits per heavy atom. The minimum Gasteiger partial charge on any atom is -0.358 e. The summed E-state index contributed by atoms with van der Waals surface area (Å²) in [6, 6.07) is 7.86. The molecule has 0 spiro atoms. The highest BCUT2D eigenvalue weighted by Gasteiger charge is 2.25. The molecule has 25 heavy (non-hydrogen) atoms. The van der Waals surface area contributed by atoms with Crippen molar-refractivity contribution in [2.45, 2.75) is 26.7 Å². The molecule has 0 bridgehead atoms. The van der Waals surface area contributed by atoms with E-state index in [1.165, 1.54) is 0 Å². The molecule has 3 amide bonds. The first kappa shape index (κ1) is 17.3. The SMILES string of the molecule is CCCNC(=O)N1CCCN(C(=O)c2c(C)[nH]c3ccccc23)CC1. The number of rotatable bonds is 3. The Hall–Kier alpha value is -2.50. The highest BCUT2D eigenvalue weighted by Crippen LogP contribution is 2.23. The van der Waals surface area contributed by atoms with Crippen LogP contribution in [0.25, 0.3) is 10.9 Å². The predicted octanol–water partition coefficient (Wildman–Crippen LogP) is 2.74. The number of aromatic nitrogens is 1. The number of aromatic amines is 1. The minimum absolute atomic E-state index is 0.0283. The Morgan fingerprint density at radius 3 is 2.64 bits per heavy atom. The number of hydrogen-bond acceptors (Lipinski definition) is 2. The molecule has 1 aliphatic heterocycles. The smallest absolute Gasteiger partial charge is 0.317 e. The van der Waals surface area contributed by atoms with Gasteiger partial charge in [-0.1, -0.05) is 25.1 Å². The lowest BCUT2D eigenvalue weighted by atomic mass is 10.1. The molecule has 2 N–H and O–H groups in total. The molecular formula is C19H26N4O2. The van der Waals surface area contributed by atoms with Crippen molar-refractivity contribution in [3.63, 3.8) is 0 Å². The van der Waals surface area contributed by atoms with E-state index >= 15 is 0 Å². The molecule has 1 fully saturated rings. The van der Waals surface area contributed by atoms with E-state index < -0.39 is 0 Å². The first-order valence-corrected chi connectivity index (χ1v) is 9.01. The number of hydrogen-bond donors (Lipinski definition) is 2. The van der Waals surface area contributed by atoms with Crippen LogP contribution in [0.3, 0.4) is 0 Å². The minimum atomic E-state index is -0.0283. The molecule has 6 nitrogen and oxygen atoms in total. The summed E-state index contributed by atoms with van der Waals surface area (Å²) in [6.07, 6.45) is 1.72. The number of carbonyl (C=O) groups is 2. The molecule has 0 atom stereocenters. The number of para-hydroxylation sites is 1. The number of aryl methyl sites for hydroxylation is 1. The average Bonchev–Trinajstić information content (AvgIpc) is 2.79. The lowest BCUT2D eigenvalue weighted by Gasteiger charge is -2.22. The third kappa shape index (κ3) is 3.62. The predicted molar refractivity (Wildman–Crippen MR) is 98.8 cm³/mol. The van der Waals surface area contributed by atoms with Crippen LogP contribution in [0.15, 0.2) is 24.3 Å². The van der Waals surface area contributed by atoms with Gasteiger partial charge in [-0.25, -0.2) is 4.79 Å². The zero-order chi connectivity index (χ0) is 17.8. The van der Waals surface area contributed by atoms with Gasteiger partial charge in [0, 0.05) is 49.3 Å². The van der Waals surface area contributed by atoms with Crippen LogP contribution in [0.2, 0.25) is 0 Å². The van der Waals surface area contributed by atoms with Crippen molar-refractivity contribution in [2.75, 3.05) is 32.7 Å². The molecule has 0 radical (unpaired) electrons. The molecule has 0 unspecified atom stereocenters. The number of H-pyrrole nitrogens is 1. The zero-order valence-electron chi connectivity index (χ0n) is 15.0. The fourth-order valence-electron chi connectivity index (χ4n) is 3.38. The molecule has 3 rings (SSSR count). The first-order valence-electron chi connectivity index (χ1n) is 9.01. The van der Waals surface area contributed by atoms with Crippen molar-refractivity contribution in [1.82, 2.24) is 20.1 Å². The van der Waals surface area contributed by atoms with Gasteiger partial charge in [-0.05, 0) is 25.8 Å². The third-order valence-electron chi connectivity index (χ3n) is 4.70. The first-order chi connectivity index (χ1) is 12.1. The van der Waals surface area contributed by atoms with E-state index in [-0.39, 0.29) is 11.9 Å². The summed E-state index contributed by atoms with van der Waals surface area (Å²) in [6.45, 7) is 7.16. The number of benzene rings is 1. The highest BCUT2D eigenvalue weighted by atomic mass is 16.2. The maximum absolute atomic E-state index is 13.1. The van der Waals surface area contributed by atoms with Crippen LogP contribution in [-0.2, 0) is 0 Å². The molecule has 2 aromatic rings. The average molecular weight is 342 g/mol. The van der Waals surface area contributed by atoms with Crippen LogP contribution in [0.4, 0.5) is 4.79 Å². The van der Waals surface area contributed by atoms with Gasteiger partial charge in [0.05, 0.1) is 5.56 Å². The summed E-state index contributed by atoms with van der Waals surface area (Å²) in [5.74, 6) is 0.0470. The van der Waals surface area contributed by atoms with E-state index in [4.69, 9.17) is 0 Å². The number of amides is 3. The highest BCUT2D eigenvalue weighted by molar-refractivity contribution is 6.08. The number of carbonyl (C=O) groups excluding carboxylic acids is 2. The van der Waals surface area contributed by atoms with Gasteiger partial charge in [0.1, 0.15) is 0 Å². The van der Waals surface area contributed by atoms with E-state index in [2.05, 4.69) is 10.3 Å². The van der Waals surface area contributed by atoms with Gasteiger partial charge < -0.3 is 20.1 Å². The molecule has 1 saturated heterocycles. The second kappa shape index (κ2) is 7.59. The van der Waals surface area contributed by atoms with Crippen molar-refractivity contribution in [3.05, 3.63) is 35.5 Å². The quantitative estimate of drug-likeness (QED) is 0.900. The molecular weight excluding hydrogens is 316 g/mol. The van der Waals surface area contributed by atoms with Gasteiger partial charge in [0.15, 0.2) is 0 Å². The van der Waals surface area contributed by atoms with Gasteiger partial charge in [-0.2, -0.15) is 0 Å². The largest absolute Gasteiger partial charge is 0.358 e. The van der Waals surface area contributed by atoms with Crippen LogP contribution in [-0.4, -0.2) is 59.4 Å². The van der Waals surface area contributed by atoms with Crippen molar-refractivity contribution in [1.29, 1.82) is 0 Å². The second-order valence-electron chi connectivity index (χ2n) is 6.54. The maximum Gasteiger partial charge on any atom is 0.317 e. The number of fused-ring (bicyclic) bond motifs is 1. The lowest BCUT2D eigenvalue weighted by molar-refractivity contribution is 0.0763. The maximum atomic E-state index is 13.1. The zero-order valence-corrected chi connectivity index (χ0v) is 15.0. The number of urea groups is 1. The topological polar surface area (TPSA) is 68.4 Å². The molecule has 1 aliphatic rings. The normalized spacial score (nSPS) is 15.3. The van der Waals surface area contributed by atoms with E-state index in [9.17, 15) is 9.59 Å². The Bertz CT molecular complexity index is 768. The van der Waals surface area contributed by atoms with Crippen molar-refractivity contribution in [2.24, 2.45) is 0 Å². The number of nitrogens with zero attached hydrogens (tertiary/aromatic N) is 2. The molecule has 2 heterocycles. The van der Waals surface area contributed by atoms with Gasteiger partial charge in [-0.3, -0.25) is 4.79 Å². The summed E-state index contributed by atoms with van der Waals surface area (Å²) in [5.41, 5.74) is 2.63. The Labute approximate surface area is 148 Å². The standard InChI is InChI=1S/C19H26N4O2/c1-3-9-20-19(25)23-11-6-10-22(12-13-23)18(24)17-14(2)21-16-8-5-4-7-15(16)17/h4-5,7-8,21H,3,6,9-13H2,1-2H3,(H,20,25).